The van der Waals surface area contributed by atoms with Crippen molar-refractivity contribution in [2.75, 3.05) is 26.2 Å². The number of piperazine rings is 1. The van der Waals surface area contributed by atoms with Gasteiger partial charge in [0, 0.05) is 38.6 Å². The third kappa shape index (κ3) is 4.51. The van der Waals surface area contributed by atoms with Crippen LogP contribution in [0.15, 0.2) is 30.3 Å². The van der Waals surface area contributed by atoms with E-state index in [2.05, 4.69) is 10.2 Å². The first-order valence-corrected chi connectivity index (χ1v) is 6.63. The molecule has 5 heteroatoms. The van der Waals surface area contributed by atoms with Gasteiger partial charge in [-0.3, -0.25) is 4.90 Å². The van der Waals surface area contributed by atoms with Crippen molar-refractivity contribution in [2.24, 2.45) is 0 Å². The smallest absolute Gasteiger partial charge is 0.314 e. The van der Waals surface area contributed by atoms with E-state index in [9.17, 15) is 13.2 Å². The van der Waals surface area contributed by atoms with Gasteiger partial charge in [-0.1, -0.05) is 30.3 Å². The Bertz CT molecular complexity index is 372. The molecule has 0 amide bonds. The molecule has 1 heterocycles. The van der Waals surface area contributed by atoms with Gasteiger partial charge in [0.25, 0.3) is 0 Å². The first kappa shape index (κ1) is 14.3. The van der Waals surface area contributed by atoms with Crippen molar-refractivity contribution in [3.63, 3.8) is 0 Å². The van der Waals surface area contributed by atoms with E-state index < -0.39 is 12.6 Å². The fourth-order valence-corrected chi connectivity index (χ4v) is 2.53. The number of hydrogen-bond donors (Lipinski definition) is 1. The van der Waals surface area contributed by atoms with Crippen LogP contribution in [-0.4, -0.2) is 37.3 Å². The zero-order valence-corrected chi connectivity index (χ0v) is 10.8. The monoisotopic (exact) mass is 272 g/mol. The molecule has 0 spiro atoms. The lowest BCUT2D eigenvalue weighted by Gasteiger charge is -2.35. The van der Waals surface area contributed by atoms with Crippen LogP contribution in [0.4, 0.5) is 13.2 Å². The first-order valence-electron chi connectivity index (χ1n) is 6.63. The molecular formula is C14H19F3N2. The Labute approximate surface area is 111 Å². The number of alkyl halides is 3. The fourth-order valence-electron chi connectivity index (χ4n) is 2.53. The van der Waals surface area contributed by atoms with Gasteiger partial charge in [0.15, 0.2) is 0 Å². The molecule has 0 radical (unpaired) electrons. The van der Waals surface area contributed by atoms with E-state index in [1.54, 1.807) is 0 Å². The van der Waals surface area contributed by atoms with Crippen molar-refractivity contribution in [3.8, 4) is 0 Å². The molecular weight excluding hydrogens is 253 g/mol. The van der Waals surface area contributed by atoms with Crippen molar-refractivity contribution in [1.29, 1.82) is 0 Å². The lowest BCUT2D eigenvalue weighted by Crippen LogP contribution is -2.45. The fraction of sp³-hybridized carbons (Fsp3) is 0.571. The lowest BCUT2D eigenvalue weighted by molar-refractivity contribution is -0.138. The van der Waals surface area contributed by atoms with E-state index in [0.29, 0.717) is 0 Å². The van der Waals surface area contributed by atoms with Crippen molar-refractivity contribution >= 4 is 0 Å². The maximum absolute atomic E-state index is 12.5. The number of rotatable bonds is 4. The molecule has 1 atom stereocenters. The van der Waals surface area contributed by atoms with Crippen LogP contribution in [0.5, 0.6) is 0 Å². The number of nitrogens with zero attached hydrogens (tertiary/aromatic N) is 1. The standard InChI is InChI=1S/C14H19F3N2/c15-14(16,17)7-6-13(12-4-2-1-3-5-12)19-10-8-18-9-11-19/h1-5,13,18H,6-11H2/t13-/m0/s1. The minimum absolute atomic E-state index is 0.132. The average Bonchev–Trinajstić information content (AvgIpc) is 2.40. The van der Waals surface area contributed by atoms with Crippen LogP contribution in [0.25, 0.3) is 0 Å². The maximum atomic E-state index is 12.5. The highest BCUT2D eigenvalue weighted by Gasteiger charge is 2.31. The molecule has 1 fully saturated rings. The van der Waals surface area contributed by atoms with Crippen LogP contribution in [0, 0.1) is 0 Å². The summed E-state index contributed by atoms with van der Waals surface area (Å²) in [6.07, 6.45) is -4.68. The van der Waals surface area contributed by atoms with E-state index >= 15 is 0 Å². The van der Waals surface area contributed by atoms with Gasteiger partial charge in [0.05, 0.1) is 0 Å². The van der Waals surface area contributed by atoms with Crippen LogP contribution in [0.1, 0.15) is 24.4 Å². The number of nitrogens with one attached hydrogen (secondary N) is 1. The minimum Gasteiger partial charge on any atom is -0.314 e. The van der Waals surface area contributed by atoms with Gasteiger partial charge >= 0.3 is 6.18 Å². The summed E-state index contributed by atoms with van der Waals surface area (Å²) < 4.78 is 37.4. The summed E-state index contributed by atoms with van der Waals surface area (Å²) in [5, 5.41) is 3.23. The van der Waals surface area contributed by atoms with Gasteiger partial charge < -0.3 is 5.32 Å². The summed E-state index contributed by atoms with van der Waals surface area (Å²) in [4.78, 5) is 2.15. The molecule has 0 unspecified atom stereocenters. The first-order chi connectivity index (χ1) is 9.06. The summed E-state index contributed by atoms with van der Waals surface area (Å²) in [7, 11) is 0. The Balaban J connectivity index is 2.08. The SMILES string of the molecule is FC(F)(F)CC[C@@H](c1ccccc1)N1CCNCC1. The molecule has 1 saturated heterocycles. The summed E-state index contributed by atoms with van der Waals surface area (Å²) in [5.74, 6) is 0. The normalized spacial score (nSPS) is 19.3. The van der Waals surface area contributed by atoms with Gasteiger partial charge in [-0.2, -0.15) is 13.2 Å². The third-order valence-electron chi connectivity index (χ3n) is 3.48. The molecule has 2 nitrogen and oxygen atoms in total. The minimum atomic E-state index is -4.08. The summed E-state index contributed by atoms with van der Waals surface area (Å²) in [6.45, 7) is 3.29. The Morgan fingerprint density at radius 2 is 1.74 bits per heavy atom. The second-order valence-corrected chi connectivity index (χ2v) is 4.87. The summed E-state index contributed by atoms with van der Waals surface area (Å²) in [5.41, 5.74) is 0.980. The Morgan fingerprint density at radius 3 is 2.32 bits per heavy atom. The molecule has 1 aromatic rings. The largest absolute Gasteiger partial charge is 0.389 e. The van der Waals surface area contributed by atoms with Gasteiger partial charge in [0.2, 0.25) is 0 Å². The highest BCUT2D eigenvalue weighted by atomic mass is 19.4. The predicted octanol–water partition coefficient (Wildman–Crippen LogP) is 2.98. The van der Waals surface area contributed by atoms with Gasteiger partial charge in [-0.05, 0) is 12.0 Å². The molecule has 1 aromatic carbocycles. The van der Waals surface area contributed by atoms with E-state index in [0.717, 1.165) is 31.7 Å². The lowest BCUT2D eigenvalue weighted by atomic mass is 9.99. The van der Waals surface area contributed by atoms with Crippen LogP contribution >= 0.6 is 0 Å². The Hall–Kier alpha value is -1.07. The molecule has 19 heavy (non-hydrogen) atoms. The maximum Gasteiger partial charge on any atom is 0.389 e. The van der Waals surface area contributed by atoms with Gasteiger partial charge in [-0.25, -0.2) is 0 Å². The molecule has 0 saturated carbocycles. The Morgan fingerprint density at radius 1 is 1.11 bits per heavy atom. The second kappa shape index (κ2) is 6.39. The number of benzene rings is 1. The highest BCUT2D eigenvalue weighted by molar-refractivity contribution is 5.19. The van der Waals surface area contributed by atoms with E-state index in [1.807, 2.05) is 30.3 Å². The summed E-state index contributed by atoms with van der Waals surface area (Å²) >= 11 is 0. The van der Waals surface area contributed by atoms with Crippen LogP contribution in [0.2, 0.25) is 0 Å². The molecule has 106 valence electrons. The number of hydrogen-bond acceptors (Lipinski definition) is 2. The summed E-state index contributed by atoms with van der Waals surface area (Å²) in [6, 6.07) is 9.37. The predicted molar refractivity (Wildman–Crippen MR) is 68.9 cm³/mol. The quantitative estimate of drug-likeness (QED) is 0.906. The molecule has 0 bridgehead atoms. The van der Waals surface area contributed by atoms with Crippen LogP contribution in [0.3, 0.4) is 0 Å². The molecule has 0 aromatic heterocycles. The van der Waals surface area contributed by atoms with Crippen molar-refractivity contribution < 1.29 is 13.2 Å². The molecule has 1 aliphatic rings. The molecule has 0 aliphatic carbocycles. The molecule has 1 N–H and O–H groups in total. The highest BCUT2D eigenvalue weighted by Crippen LogP contribution is 2.31. The van der Waals surface area contributed by atoms with E-state index in [4.69, 9.17) is 0 Å². The topological polar surface area (TPSA) is 15.3 Å². The van der Waals surface area contributed by atoms with Gasteiger partial charge in [0.1, 0.15) is 0 Å². The van der Waals surface area contributed by atoms with Gasteiger partial charge in [-0.15, -0.1) is 0 Å². The van der Waals surface area contributed by atoms with Crippen molar-refractivity contribution in [1.82, 2.24) is 10.2 Å². The second-order valence-electron chi connectivity index (χ2n) is 4.87. The van der Waals surface area contributed by atoms with Crippen molar-refractivity contribution in [2.45, 2.75) is 25.1 Å². The van der Waals surface area contributed by atoms with E-state index in [-0.39, 0.29) is 12.5 Å². The Kier molecular flexibility index (Phi) is 4.82. The molecule has 1 aliphatic heterocycles. The number of halogens is 3. The molecule has 2 rings (SSSR count). The van der Waals surface area contributed by atoms with Crippen molar-refractivity contribution in [3.05, 3.63) is 35.9 Å². The zero-order valence-electron chi connectivity index (χ0n) is 10.8. The third-order valence-corrected chi connectivity index (χ3v) is 3.48. The average molecular weight is 272 g/mol. The zero-order chi connectivity index (χ0) is 13.7. The van der Waals surface area contributed by atoms with Crippen LogP contribution in [-0.2, 0) is 0 Å². The van der Waals surface area contributed by atoms with E-state index in [1.165, 1.54) is 0 Å². The van der Waals surface area contributed by atoms with Crippen LogP contribution < -0.4 is 5.32 Å².